The lowest BCUT2D eigenvalue weighted by atomic mass is 9.33. The number of hydrogen-bond acceptors (Lipinski definition) is 5. The van der Waals surface area contributed by atoms with Crippen molar-refractivity contribution in [3.05, 3.63) is 284 Å². The van der Waals surface area contributed by atoms with Gasteiger partial charge in [0.15, 0.2) is 0 Å². The number of fused-ring (bicyclic) bond motifs is 13. The van der Waals surface area contributed by atoms with Crippen LogP contribution in [0.5, 0.6) is 0 Å². The molecule has 438 valence electrons. The highest BCUT2D eigenvalue weighted by molar-refractivity contribution is 7.00. The Morgan fingerprint density at radius 2 is 0.620 bits per heavy atom. The second-order valence-electron chi connectivity index (χ2n) is 27.1. The molecule has 0 saturated heterocycles. The van der Waals surface area contributed by atoms with E-state index in [-0.39, 0.29) is 17.5 Å². The monoisotopic (exact) mass is 1180 g/mol. The van der Waals surface area contributed by atoms with Crippen LogP contribution in [0, 0.1) is 0 Å². The van der Waals surface area contributed by atoms with Gasteiger partial charge in [0.1, 0.15) is 33.5 Å². The van der Waals surface area contributed by atoms with Crippen molar-refractivity contribution in [1.29, 1.82) is 0 Å². The maximum Gasteiger partial charge on any atom is 0.252 e. The number of rotatable bonds is 7. The topological polar surface area (TPSA) is 45.9 Å². The zero-order chi connectivity index (χ0) is 61.7. The maximum atomic E-state index is 7.14. The molecular formula is C86H63BN2O3. The molecular weight excluding hydrogens is 1120 g/mol. The zero-order valence-electron chi connectivity index (χ0n) is 52.2. The van der Waals surface area contributed by atoms with E-state index >= 15 is 0 Å². The van der Waals surface area contributed by atoms with Crippen molar-refractivity contribution in [2.24, 2.45) is 0 Å². The van der Waals surface area contributed by atoms with Crippen molar-refractivity contribution >= 4 is 123 Å². The third-order valence-corrected chi connectivity index (χ3v) is 19.5. The summed E-state index contributed by atoms with van der Waals surface area (Å²) in [6.07, 6.45) is 0. The molecule has 3 aromatic heterocycles. The number of hydrogen-bond donors (Lipinski definition) is 0. The minimum atomic E-state index is -0.341. The first-order valence-corrected chi connectivity index (χ1v) is 32.1. The number of para-hydroxylation sites is 4. The lowest BCUT2D eigenvalue weighted by Crippen LogP contribution is -2.61. The predicted octanol–water partition coefficient (Wildman–Crippen LogP) is 22.4. The van der Waals surface area contributed by atoms with Crippen molar-refractivity contribution in [2.45, 2.75) is 52.4 Å². The predicted molar refractivity (Wildman–Crippen MR) is 387 cm³/mol. The van der Waals surface area contributed by atoms with Crippen LogP contribution in [0.3, 0.4) is 0 Å². The summed E-state index contributed by atoms with van der Waals surface area (Å²) in [4.78, 5) is 5.29. The molecule has 0 spiro atoms. The fourth-order valence-corrected chi connectivity index (χ4v) is 15.0. The molecule has 2 aliphatic rings. The van der Waals surface area contributed by atoms with Crippen LogP contribution < -0.4 is 26.2 Å². The van der Waals surface area contributed by atoms with E-state index in [9.17, 15) is 0 Å². The molecule has 16 aromatic rings. The van der Waals surface area contributed by atoms with Crippen LogP contribution in [0.4, 0.5) is 34.1 Å². The molecule has 0 amide bonds. The average Bonchev–Trinajstić information content (AvgIpc) is 0.839. The Labute approximate surface area is 535 Å². The van der Waals surface area contributed by atoms with E-state index in [1.165, 1.54) is 11.1 Å². The quantitative estimate of drug-likeness (QED) is 0.149. The Kier molecular flexibility index (Phi) is 11.8. The second-order valence-corrected chi connectivity index (χ2v) is 27.1. The smallest absolute Gasteiger partial charge is 0.252 e. The van der Waals surface area contributed by atoms with Crippen molar-refractivity contribution in [3.8, 4) is 55.6 Å². The Morgan fingerprint density at radius 3 is 1.01 bits per heavy atom. The van der Waals surface area contributed by atoms with Gasteiger partial charge in [0.05, 0.1) is 11.4 Å². The van der Waals surface area contributed by atoms with Crippen LogP contribution >= 0.6 is 0 Å². The van der Waals surface area contributed by atoms with E-state index in [2.05, 4.69) is 324 Å². The van der Waals surface area contributed by atoms with Crippen molar-refractivity contribution in [2.75, 3.05) is 9.80 Å². The van der Waals surface area contributed by atoms with Gasteiger partial charge in [-0.2, -0.15) is 0 Å². The minimum absolute atomic E-state index is 0.204. The minimum Gasteiger partial charge on any atom is -0.456 e. The molecule has 92 heavy (non-hydrogen) atoms. The summed E-state index contributed by atoms with van der Waals surface area (Å²) >= 11 is 0. The van der Waals surface area contributed by atoms with Gasteiger partial charge >= 0.3 is 0 Å². The Hall–Kier alpha value is -11.1. The molecule has 0 unspecified atom stereocenters. The highest BCUT2D eigenvalue weighted by Gasteiger charge is 2.47. The van der Waals surface area contributed by atoms with Gasteiger partial charge in [-0.05, 0) is 145 Å². The summed E-state index contributed by atoms with van der Waals surface area (Å²) in [5.74, 6) is 0. The van der Waals surface area contributed by atoms with Crippen molar-refractivity contribution in [1.82, 2.24) is 0 Å². The van der Waals surface area contributed by atoms with Crippen LogP contribution in [0.1, 0.15) is 52.7 Å². The van der Waals surface area contributed by atoms with E-state index in [4.69, 9.17) is 13.3 Å². The first kappa shape index (κ1) is 53.9. The first-order valence-electron chi connectivity index (χ1n) is 32.1. The summed E-state index contributed by atoms with van der Waals surface area (Å²) in [7, 11) is 0. The van der Waals surface area contributed by atoms with Crippen LogP contribution in [0.15, 0.2) is 286 Å². The molecule has 0 atom stereocenters. The fourth-order valence-electron chi connectivity index (χ4n) is 15.0. The van der Waals surface area contributed by atoms with Gasteiger partial charge in [-0.25, -0.2) is 0 Å². The number of furan rings is 3. The molecule has 13 aromatic carbocycles. The lowest BCUT2D eigenvalue weighted by molar-refractivity contribution is 0.590. The molecule has 5 heterocycles. The number of nitrogens with zero attached hydrogens (tertiary/aromatic N) is 2. The summed E-state index contributed by atoms with van der Waals surface area (Å²) in [6.45, 7) is 13.6. The average molecular weight is 1180 g/mol. The van der Waals surface area contributed by atoms with E-state index in [0.29, 0.717) is 0 Å². The van der Waals surface area contributed by atoms with Gasteiger partial charge in [-0.15, -0.1) is 0 Å². The maximum absolute atomic E-state index is 7.14. The summed E-state index contributed by atoms with van der Waals surface area (Å²) in [6, 6.07) is 101. The van der Waals surface area contributed by atoms with Gasteiger partial charge in [-0.3, -0.25) is 0 Å². The zero-order valence-corrected chi connectivity index (χ0v) is 52.2. The van der Waals surface area contributed by atoms with Gasteiger partial charge in [0, 0.05) is 82.9 Å². The van der Waals surface area contributed by atoms with E-state index in [1.807, 2.05) is 0 Å². The first-order chi connectivity index (χ1) is 44.9. The van der Waals surface area contributed by atoms with Gasteiger partial charge in [0.25, 0.3) is 6.71 Å². The molecule has 0 radical (unpaired) electrons. The third kappa shape index (κ3) is 8.33. The summed E-state index contributed by atoms with van der Waals surface area (Å²) in [5.41, 5.74) is 28.0. The van der Waals surface area contributed by atoms with Crippen LogP contribution in [0.25, 0.3) is 121 Å². The van der Waals surface area contributed by atoms with Crippen molar-refractivity contribution in [3.63, 3.8) is 0 Å². The summed E-state index contributed by atoms with van der Waals surface area (Å²) in [5, 5.41) is 6.39. The molecule has 0 aliphatic carbocycles. The third-order valence-electron chi connectivity index (χ3n) is 19.5. The highest BCUT2D eigenvalue weighted by atomic mass is 16.3. The van der Waals surface area contributed by atoms with Crippen LogP contribution in [-0.2, 0) is 10.8 Å². The summed E-state index contributed by atoms with van der Waals surface area (Å²) < 4.78 is 21.3. The number of benzene rings is 13. The normalized spacial score (nSPS) is 13.0. The highest BCUT2D eigenvalue weighted by Crippen LogP contribution is 2.56. The molecule has 0 saturated carbocycles. The van der Waals surface area contributed by atoms with E-state index in [1.54, 1.807) is 0 Å². The van der Waals surface area contributed by atoms with Crippen LogP contribution in [-0.4, -0.2) is 6.71 Å². The van der Waals surface area contributed by atoms with E-state index < -0.39 is 0 Å². The molecule has 18 rings (SSSR count). The molecule has 6 heteroatoms. The molecule has 2 aliphatic heterocycles. The lowest BCUT2D eigenvalue weighted by Gasteiger charge is -2.46. The van der Waals surface area contributed by atoms with Crippen LogP contribution in [0.2, 0.25) is 0 Å². The standard InChI is InChI=1S/C86H63BN2O3/c1-85(2,3)57-44-64(52-26-11-7-12-27-52)82(65(45-57)53-28-13-8-14-29-53)88-72-48-68-61-35-20-22-39-76(61)90-79(68)50-70(72)87-71-51-80-69(62-36-21-23-40-77(62)91-80)49-73(71)89(75-43-56(42-74(88)81(75)87)59-37-25-38-63-60-34-19-24-41-78(60)92-84(59)63)83-66(54-30-15-9-16-31-54)46-58(86(4,5)6)47-67(83)55-32-17-10-18-33-55/h7-51H,1-6H3. The molecule has 5 nitrogen and oxygen atoms in total. The number of anilines is 6. The van der Waals surface area contributed by atoms with Gasteiger partial charge in [-0.1, -0.05) is 236 Å². The van der Waals surface area contributed by atoms with E-state index in [0.717, 1.165) is 172 Å². The molecule has 0 fully saturated rings. The van der Waals surface area contributed by atoms with Gasteiger partial charge in [0.2, 0.25) is 0 Å². The second kappa shape index (κ2) is 20.2. The van der Waals surface area contributed by atoms with Gasteiger partial charge < -0.3 is 23.1 Å². The Bertz CT molecular complexity index is 5260. The van der Waals surface area contributed by atoms with Crippen molar-refractivity contribution < 1.29 is 13.3 Å². The molecule has 0 N–H and O–H groups in total. The SMILES string of the molecule is CC(C)(C)c1cc(-c2ccccc2)c(N2c3cc4c(cc3B3c5cc6oc7ccccc7c6cc5N(c5c(-c6ccccc6)cc(C(C)(C)C)cc5-c5ccccc5)c5cc(-c6cccc7c6oc6ccccc67)cc2c53)oc2ccccc24)c(-c2ccccc2)c1. The largest absolute Gasteiger partial charge is 0.456 e. The molecule has 0 bridgehead atoms. The Morgan fingerprint density at radius 1 is 0.272 bits per heavy atom. The Balaban J connectivity index is 1.08. The fraction of sp³-hybridized carbons (Fsp3) is 0.0930.